The largest absolute Gasteiger partial charge is 0.482 e. The molecule has 0 saturated heterocycles. The van der Waals surface area contributed by atoms with Gasteiger partial charge in [-0.2, -0.15) is 18.2 Å². The van der Waals surface area contributed by atoms with Crippen LogP contribution in [0.15, 0.2) is 90.0 Å². The van der Waals surface area contributed by atoms with E-state index in [-0.39, 0.29) is 11.6 Å². The first-order chi connectivity index (χ1) is 29.4. The number of sulfone groups is 1. The van der Waals surface area contributed by atoms with E-state index in [0.717, 1.165) is 24.5 Å². The summed E-state index contributed by atoms with van der Waals surface area (Å²) in [5.41, 5.74) is 1.10. The van der Waals surface area contributed by atoms with Crippen molar-refractivity contribution in [3.8, 4) is 16.9 Å². The van der Waals surface area contributed by atoms with Crippen molar-refractivity contribution in [1.82, 2.24) is 19.9 Å². The molecule has 0 fully saturated rings. The summed E-state index contributed by atoms with van der Waals surface area (Å²) in [5, 5.41) is 9.58. The predicted molar refractivity (Wildman–Crippen MR) is 221 cm³/mol. The van der Waals surface area contributed by atoms with Gasteiger partial charge in [-0.1, -0.05) is 38.1 Å². The Hall–Kier alpha value is -6.77. The molecular formula is C42H44F4N6O10S. The van der Waals surface area contributed by atoms with Crippen molar-refractivity contribution in [2.24, 2.45) is 5.92 Å². The number of aromatic nitrogens is 3. The number of nitrogens with zero attached hydrogens (tertiary/aromatic N) is 4. The number of hydrogen-bond donors (Lipinski definition) is 2. The van der Waals surface area contributed by atoms with Gasteiger partial charge in [0.15, 0.2) is 22.1 Å². The molecule has 0 radical (unpaired) electrons. The average molecular weight is 901 g/mol. The van der Waals surface area contributed by atoms with Gasteiger partial charge >= 0.3 is 24.3 Å². The number of amides is 3. The van der Waals surface area contributed by atoms with Gasteiger partial charge in [-0.15, -0.1) is 5.10 Å². The highest BCUT2D eigenvalue weighted by molar-refractivity contribution is 7.90. The SMILES string of the molecule is CC(C)[C@H](NC(=O)OC(C)(C)C)C(=O)OCOC(=O)N(c1nc2ccc(-c3ccc(NC(=O)[C@H](C)c4ccc(F)cc4)cc3)cn2n1)c1ccc(S(C)(=O)=O)cc1OCC(F)(F)F. The second kappa shape index (κ2) is 19.1. The van der Waals surface area contributed by atoms with Crippen molar-refractivity contribution in [1.29, 1.82) is 0 Å². The summed E-state index contributed by atoms with van der Waals surface area (Å²) in [6.45, 7) is 6.81. The summed E-state index contributed by atoms with van der Waals surface area (Å²) >= 11 is 0. The zero-order valence-electron chi connectivity index (χ0n) is 35.0. The van der Waals surface area contributed by atoms with Crippen LogP contribution >= 0.6 is 0 Å². The van der Waals surface area contributed by atoms with Gasteiger partial charge in [0.1, 0.15) is 23.2 Å². The van der Waals surface area contributed by atoms with Crippen LogP contribution in [0.25, 0.3) is 16.8 Å². The minimum absolute atomic E-state index is 0.134. The zero-order chi connectivity index (χ0) is 46.4. The Morgan fingerprint density at radius 2 is 1.52 bits per heavy atom. The number of ether oxygens (including phenoxy) is 4. The van der Waals surface area contributed by atoms with E-state index in [1.165, 1.54) is 41.0 Å². The van der Waals surface area contributed by atoms with Gasteiger partial charge in [0.05, 0.1) is 16.5 Å². The molecular weight excluding hydrogens is 857 g/mol. The van der Waals surface area contributed by atoms with Gasteiger partial charge in [-0.25, -0.2) is 36.6 Å². The fourth-order valence-electron chi connectivity index (χ4n) is 5.73. The molecule has 0 aliphatic carbocycles. The Balaban J connectivity index is 1.44. The van der Waals surface area contributed by atoms with Crippen LogP contribution in [0, 0.1) is 11.7 Å². The number of carbonyl (C=O) groups excluding carboxylic acids is 4. The van der Waals surface area contributed by atoms with E-state index in [0.29, 0.717) is 27.3 Å². The van der Waals surface area contributed by atoms with E-state index in [1.54, 1.807) is 71.9 Å². The highest BCUT2D eigenvalue weighted by Gasteiger charge is 2.34. The summed E-state index contributed by atoms with van der Waals surface area (Å²) in [6.07, 6.45) is -4.85. The average Bonchev–Trinajstić information content (AvgIpc) is 3.61. The van der Waals surface area contributed by atoms with Crippen LogP contribution in [0.4, 0.5) is 44.5 Å². The fraction of sp³-hybridized carbons (Fsp3) is 0.333. The molecule has 2 atom stereocenters. The van der Waals surface area contributed by atoms with Gasteiger partial charge in [0, 0.05) is 29.8 Å². The van der Waals surface area contributed by atoms with Crippen LogP contribution in [0.5, 0.6) is 5.75 Å². The topological polar surface area (TPSA) is 197 Å². The van der Waals surface area contributed by atoms with Crippen molar-refractivity contribution < 1.29 is 64.1 Å². The van der Waals surface area contributed by atoms with E-state index < -0.39 is 99.1 Å². The van der Waals surface area contributed by atoms with Gasteiger partial charge in [0.2, 0.25) is 12.7 Å². The van der Waals surface area contributed by atoms with Gasteiger partial charge in [0.25, 0.3) is 5.95 Å². The van der Waals surface area contributed by atoms with E-state index in [4.69, 9.17) is 18.9 Å². The van der Waals surface area contributed by atoms with Gasteiger partial charge < -0.3 is 29.6 Å². The number of pyridine rings is 1. The molecule has 0 aliphatic rings. The first-order valence-electron chi connectivity index (χ1n) is 19.1. The summed E-state index contributed by atoms with van der Waals surface area (Å²) in [5.74, 6) is -4.05. The molecule has 0 bridgehead atoms. The molecule has 3 amide bonds. The molecule has 336 valence electrons. The molecule has 0 aliphatic heterocycles. The fourth-order valence-corrected chi connectivity index (χ4v) is 6.37. The first kappa shape index (κ1) is 47.3. The van der Waals surface area contributed by atoms with Crippen molar-refractivity contribution in [3.63, 3.8) is 0 Å². The molecule has 2 N–H and O–H groups in total. The Morgan fingerprint density at radius 3 is 2.13 bits per heavy atom. The van der Waals surface area contributed by atoms with Crippen LogP contribution in [-0.2, 0) is 33.6 Å². The first-order valence-corrected chi connectivity index (χ1v) is 21.0. The lowest BCUT2D eigenvalue weighted by Crippen LogP contribution is -2.47. The Labute approximate surface area is 359 Å². The van der Waals surface area contributed by atoms with Crippen molar-refractivity contribution in [3.05, 3.63) is 96.4 Å². The number of hydrogen-bond acceptors (Lipinski definition) is 12. The second-order valence-corrected chi connectivity index (χ2v) is 17.5. The number of alkyl carbamates (subject to hydrolysis) is 1. The number of carbonyl (C=O) groups is 4. The highest BCUT2D eigenvalue weighted by atomic mass is 32.2. The number of alkyl halides is 3. The molecule has 2 heterocycles. The molecule has 16 nitrogen and oxygen atoms in total. The third-order valence-corrected chi connectivity index (χ3v) is 10.0. The normalized spacial score (nSPS) is 12.9. The van der Waals surface area contributed by atoms with Crippen molar-refractivity contribution in [2.75, 3.05) is 29.9 Å². The van der Waals surface area contributed by atoms with Crippen LogP contribution in [-0.4, -0.2) is 84.6 Å². The molecule has 0 unspecified atom stereocenters. The van der Waals surface area contributed by atoms with Crippen LogP contribution < -0.4 is 20.3 Å². The third kappa shape index (κ3) is 12.9. The van der Waals surface area contributed by atoms with Gasteiger partial charge in [-0.3, -0.25) is 4.79 Å². The third-order valence-electron chi connectivity index (χ3n) is 8.92. The predicted octanol–water partition coefficient (Wildman–Crippen LogP) is 7.95. The zero-order valence-corrected chi connectivity index (χ0v) is 35.8. The molecule has 5 aromatic rings. The number of halogens is 4. The van der Waals surface area contributed by atoms with E-state index >= 15 is 0 Å². The minimum atomic E-state index is -4.89. The molecule has 3 aromatic carbocycles. The summed E-state index contributed by atoms with van der Waals surface area (Å²) in [7, 11) is -4.00. The van der Waals surface area contributed by atoms with Gasteiger partial charge in [-0.05, 0) is 93.3 Å². The van der Waals surface area contributed by atoms with Crippen molar-refractivity contribution in [2.45, 2.75) is 70.2 Å². The molecule has 0 spiro atoms. The quantitative estimate of drug-likeness (QED) is 0.0621. The van der Waals surface area contributed by atoms with E-state index in [9.17, 15) is 45.2 Å². The highest BCUT2D eigenvalue weighted by Crippen LogP contribution is 2.37. The minimum Gasteiger partial charge on any atom is -0.482 e. The van der Waals surface area contributed by atoms with Crippen LogP contribution in [0.1, 0.15) is 53.0 Å². The number of nitrogens with one attached hydrogen (secondary N) is 2. The van der Waals surface area contributed by atoms with Crippen molar-refractivity contribution >= 4 is 56.9 Å². The summed E-state index contributed by atoms with van der Waals surface area (Å²) in [6, 6.07) is 17.1. The Bertz CT molecular complexity index is 2580. The Morgan fingerprint density at radius 1 is 0.873 bits per heavy atom. The summed E-state index contributed by atoms with van der Waals surface area (Å²) in [4.78, 5) is 56.7. The van der Waals surface area contributed by atoms with Crippen LogP contribution in [0.2, 0.25) is 0 Å². The lowest BCUT2D eigenvalue weighted by Gasteiger charge is -2.25. The molecule has 0 saturated carbocycles. The maximum atomic E-state index is 13.9. The molecule has 5 rings (SSSR count). The van der Waals surface area contributed by atoms with Crippen LogP contribution in [0.3, 0.4) is 0 Å². The van der Waals surface area contributed by atoms with E-state index in [2.05, 4.69) is 20.7 Å². The maximum Gasteiger partial charge on any atom is 0.424 e. The Kier molecular flexibility index (Phi) is 14.3. The lowest BCUT2D eigenvalue weighted by molar-refractivity contribution is -0.155. The summed E-state index contributed by atoms with van der Waals surface area (Å²) < 4.78 is 100. The lowest BCUT2D eigenvalue weighted by atomic mass is 10.00. The number of anilines is 3. The molecule has 2 aromatic heterocycles. The molecule has 63 heavy (non-hydrogen) atoms. The number of fused-ring (bicyclic) bond motifs is 1. The number of benzene rings is 3. The monoisotopic (exact) mass is 900 g/mol. The standard InChI is InChI=1S/C42H44F4N6O10S/c1-24(2)35(49-39(55)62-41(4,5)6)37(54)60-23-61-40(56)52(32-18-17-31(63(7,57)58)20-33(32)59-22-42(44,45)46)38-48-34-19-12-28(21-51(34)50-38)27-10-15-30(16-11-27)47-36(53)25(3)26-8-13-29(43)14-9-26/h8-21,24-25,35H,22-23H2,1-7H3,(H,47,53)(H,49,55)/t25-,35+/m1/s1. The second-order valence-electron chi connectivity index (χ2n) is 15.5. The maximum absolute atomic E-state index is 13.9. The van der Waals surface area contributed by atoms with E-state index in [1.807, 2.05) is 0 Å². The number of esters is 1. The molecule has 21 heteroatoms. The smallest absolute Gasteiger partial charge is 0.424 e. The number of rotatable bonds is 14.